The van der Waals surface area contributed by atoms with Gasteiger partial charge < -0.3 is 4.74 Å². The fourth-order valence-electron chi connectivity index (χ4n) is 1.03. The Labute approximate surface area is 82.7 Å². The number of nitriles is 1. The monoisotopic (exact) mass is 195 g/mol. The average Bonchev–Trinajstić information content (AvgIpc) is 2.15. The molecule has 0 aliphatic heterocycles. The topological polar surface area (TPSA) is 33.0 Å². The van der Waals surface area contributed by atoms with Crippen molar-refractivity contribution < 1.29 is 4.74 Å². The van der Waals surface area contributed by atoms with Crippen LogP contribution in [0.5, 0.6) is 0 Å². The van der Waals surface area contributed by atoms with E-state index in [0.717, 1.165) is 5.56 Å². The van der Waals surface area contributed by atoms with Crippen LogP contribution in [0.3, 0.4) is 0 Å². The van der Waals surface area contributed by atoms with Crippen molar-refractivity contribution in [2.45, 2.75) is 13.5 Å². The van der Waals surface area contributed by atoms with Gasteiger partial charge in [0.1, 0.15) is 6.07 Å². The molecule has 0 N–H and O–H groups in total. The van der Waals surface area contributed by atoms with E-state index in [-0.39, 0.29) is 0 Å². The van der Waals surface area contributed by atoms with Gasteiger partial charge in [0.25, 0.3) is 0 Å². The zero-order valence-corrected chi connectivity index (χ0v) is 8.14. The summed E-state index contributed by atoms with van der Waals surface area (Å²) in [5.41, 5.74) is 1.36. The van der Waals surface area contributed by atoms with Crippen LogP contribution >= 0.6 is 11.6 Å². The summed E-state index contributed by atoms with van der Waals surface area (Å²) in [4.78, 5) is 0. The molecule has 1 aromatic carbocycles. The molecule has 0 heterocycles. The van der Waals surface area contributed by atoms with Gasteiger partial charge in [-0.1, -0.05) is 23.7 Å². The molecule has 0 saturated carbocycles. The van der Waals surface area contributed by atoms with Crippen LogP contribution in [0, 0.1) is 11.3 Å². The third kappa shape index (κ3) is 2.45. The molecule has 2 nitrogen and oxygen atoms in total. The van der Waals surface area contributed by atoms with Gasteiger partial charge in [0.2, 0.25) is 0 Å². The molecule has 0 radical (unpaired) electrons. The Morgan fingerprint density at radius 2 is 2.31 bits per heavy atom. The smallest absolute Gasteiger partial charge is 0.101 e. The van der Waals surface area contributed by atoms with Crippen molar-refractivity contribution in [2.75, 3.05) is 6.61 Å². The minimum Gasteiger partial charge on any atom is -0.377 e. The normalized spacial score (nSPS) is 9.62. The fourth-order valence-corrected chi connectivity index (χ4v) is 1.26. The average molecular weight is 196 g/mol. The van der Waals surface area contributed by atoms with E-state index in [2.05, 4.69) is 6.07 Å². The molecular weight excluding hydrogens is 186 g/mol. The first kappa shape index (κ1) is 10.0. The van der Waals surface area contributed by atoms with Crippen LogP contribution in [0.1, 0.15) is 18.1 Å². The molecule has 0 spiro atoms. The van der Waals surface area contributed by atoms with E-state index in [0.29, 0.717) is 23.8 Å². The fraction of sp³-hybridized carbons (Fsp3) is 0.300. The van der Waals surface area contributed by atoms with E-state index in [1.807, 2.05) is 19.1 Å². The molecule has 1 rings (SSSR count). The highest BCUT2D eigenvalue weighted by atomic mass is 35.5. The van der Waals surface area contributed by atoms with E-state index in [1.165, 1.54) is 0 Å². The zero-order valence-electron chi connectivity index (χ0n) is 7.38. The Bertz CT molecular complexity index is 330. The summed E-state index contributed by atoms with van der Waals surface area (Å²) in [6.07, 6.45) is 0. The van der Waals surface area contributed by atoms with Gasteiger partial charge in [-0.3, -0.25) is 0 Å². The maximum atomic E-state index is 8.81. The van der Waals surface area contributed by atoms with Crippen molar-refractivity contribution in [2.24, 2.45) is 0 Å². The summed E-state index contributed by atoms with van der Waals surface area (Å²) in [5.74, 6) is 0. The predicted molar refractivity (Wildman–Crippen MR) is 51.5 cm³/mol. The molecule has 0 unspecified atom stereocenters. The first-order valence-electron chi connectivity index (χ1n) is 4.04. The van der Waals surface area contributed by atoms with E-state index in [1.54, 1.807) is 6.07 Å². The summed E-state index contributed by atoms with van der Waals surface area (Å²) in [6, 6.07) is 7.43. The van der Waals surface area contributed by atoms with E-state index >= 15 is 0 Å². The van der Waals surface area contributed by atoms with Crippen LogP contribution in [0.4, 0.5) is 0 Å². The minimum atomic E-state index is 0.444. The van der Waals surface area contributed by atoms with Crippen molar-refractivity contribution in [1.82, 2.24) is 0 Å². The van der Waals surface area contributed by atoms with Crippen molar-refractivity contribution in [1.29, 1.82) is 5.26 Å². The number of halogens is 1. The molecule has 0 aromatic heterocycles. The Balaban J connectivity index is 2.93. The Hall–Kier alpha value is -1.04. The van der Waals surface area contributed by atoms with Gasteiger partial charge in [-0.25, -0.2) is 0 Å². The first-order valence-corrected chi connectivity index (χ1v) is 4.42. The lowest BCUT2D eigenvalue weighted by molar-refractivity contribution is 0.134. The summed E-state index contributed by atoms with van der Waals surface area (Å²) < 4.78 is 5.21. The predicted octanol–water partition coefficient (Wildman–Crippen LogP) is 2.75. The highest BCUT2D eigenvalue weighted by Gasteiger charge is 2.05. The molecular formula is C10H10ClNO. The molecule has 0 amide bonds. The van der Waals surface area contributed by atoms with Crippen LogP contribution in [0.2, 0.25) is 5.02 Å². The number of rotatable bonds is 3. The Morgan fingerprint density at radius 1 is 1.54 bits per heavy atom. The minimum absolute atomic E-state index is 0.444. The zero-order chi connectivity index (χ0) is 9.68. The van der Waals surface area contributed by atoms with Crippen molar-refractivity contribution in [3.05, 3.63) is 34.3 Å². The molecule has 13 heavy (non-hydrogen) atoms. The summed E-state index contributed by atoms with van der Waals surface area (Å²) in [7, 11) is 0. The molecule has 1 aromatic rings. The standard InChI is InChI=1S/C10H10ClNO/c1-2-13-7-8-4-3-5-10(11)9(8)6-12/h3-5H,2,7H2,1H3. The van der Waals surface area contributed by atoms with Gasteiger partial charge in [-0.05, 0) is 18.6 Å². The summed E-state index contributed by atoms with van der Waals surface area (Å²) >= 11 is 5.83. The van der Waals surface area contributed by atoms with Crippen LogP contribution in [-0.4, -0.2) is 6.61 Å². The molecule has 0 aliphatic carbocycles. The van der Waals surface area contributed by atoms with Crippen LogP contribution in [-0.2, 0) is 11.3 Å². The van der Waals surface area contributed by atoms with Crippen LogP contribution in [0.25, 0.3) is 0 Å². The molecule has 0 bridgehead atoms. The summed E-state index contributed by atoms with van der Waals surface area (Å²) in [6.45, 7) is 2.99. The number of hydrogen-bond acceptors (Lipinski definition) is 2. The van der Waals surface area contributed by atoms with Gasteiger partial charge in [0.05, 0.1) is 17.2 Å². The number of hydrogen-bond donors (Lipinski definition) is 0. The summed E-state index contributed by atoms with van der Waals surface area (Å²) in [5, 5.41) is 9.29. The Kier molecular flexibility index (Phi) is 3.75. The first-order chi connectivity index (χ1) is 6.29. The second-order valence-electron chi connectivity index (χ2n) is 2.52. The van der Waals surface area contributed by atoms with Gasteiger partial charge in [0, 0.05) is 6.61 Å². The number of ether oxygens (including phenoxy) is 1. The van der Waals surface area contributed by atoms with Crippen LogP contribution in [0.15, 0.2) is 18.2 Å². The Morgan fingerprint density at radius 3 is 2.92 bits per heavy atom. The van der Waals surface area contributed by atoms with Gasteiger partial charge in [-0.15, -0.1) is 0 Å². The second-order valence-corrected chi connectivity index (χ2v) is 2.93. The van der Waals surface area contributed by atoms with Gasteiger partial charge in [-0.2, -0.15) is 5.26 Å². The number of nitrogens with zero attached hydrogens (tertiary/aromatic N) is 1. The molecule has 68 valence electrons. The third-order valence-electron chi connectivity index (χ3n) is 1.67. The van der Waals surface area contributed by atoms with Crippen molar-refractivity contribution in [3.8, 4) is 6.07 Å². The van der Waals surface area contributed by atoms with E-state index < -0.39 is 0 Å². The third-order valence-corrected chi connectivity index (χ3v) is 1.99. The lowest BCUT2D eigenvalue weighted by atomic mass is 10.1. The van der Waals surface area contributed by atoms with Crippen LogP contribution < -0.4 is 0 Å². The van der Waals surface area contributed by atoms with E-state index in [4.69, 9.17) is 21.6 Å². The quantitative estimate of drug-likeness (QED) is 0.743. The molecule has 0 atom stereocenters. The maximum Gasteiger partial charge on any atom is 0.101 e. The largest absolute Gasteiger partial charge is 0.377 e. The van der Waals surface area contributed by atoms with Gasteiger partial charge >= 0.3 is 0 Å². The molecule has 0 fully saturated rings. The second kappa shape index (κ2) is 4.86. The molecule has 0 saturated heterocycles. The number of benzene rings is 1. The lowest BCUT2D eigenvalue weighted by Crippen LogP contribution is -1.95. The highest BCUT2D eigenvalue weighted by Crippen LogP contribution is 2.19. The van der Waals surface area contributed by atoms with Crippen molar-refractivity contribution in [3.63, 3.8) is 0 Å². The van der Waals surface area contributed by atoms with Gasteiger partial charge in [0.15, 0.2) is 0 Å². The lowest BCUT2D eigenvalue weighted by Gasteiger charge is -2.04. The molecule has 0 aliphatic rings. The highest BCUT2D eigenvalue weighted by molar-refractivity contribution is 6.31. The maximum absolute atomic E-state index is 8.81. The SMILES string of the molecule is CCOCc1cccc(Cl)c1C#N. The van der Waals surface area contributed by atoms with Crippen molar-refractivity contribution >= 4 is 11.6 Å². The molecule has 3 heteroatoms. The van der Waals surface area contributed by atoms with E-state index in [9.17, 15) is 0 Å².